The summed E-state index contributed by atoms with van der Waals surface area (Å²) in [4.78, 5) is 15.1. The Morgan fingerprint density at radius 3 is 2.54 bits per heavy atom. The first-order valence-electron chi connectivity index (χ1n) is 8.87. The number of amides is 1. The number of hydrogen-bond acceptors (Lipinski definition) is 6. The number of tetrazole rings is 1. The quantitative estimate of drug-likeness (QED) is 0.824. The molecule has 2 aliphatic rings. The van der Waals surface area contributed by atoms with Crippen LogP contribution in [0, 0.1) is 6.92 Å². The van der Waals surface area contributed by atoms with Crippen LogP contribution in [0.15, 0.2) is 12.1 Å². The maximum Gasteiger partial charge on any atom is 0.245 e. The molecule has 1 fully saturated rings. The normalized spacial score (nSPS) is 17.6. The van der Waals surface area contributed by atoms with Gasteiger partial charge in [0.2, 0.25) is 5.91 Å². The fourth-order valence-corrected chi connectivity index (χ4v) is 4.18. The number of carbonyl (C=O) groups excluding carboxylic acids is 1. The van der Waals surface area contributed by atoms with Gasteiger partial charge in [0.25, 0.3) is 0 Å². The topological polar surface area (TPSA) is 82.4 Å². The van der Waals surface area contributed by atoms with E-state index in [9.17, 15) is 4.79 Å². The van der Waals surface area contributed by atoms with Crippen LogP contribution in [0.1, 0.15) is 36.2 Å². The maximum absolute atomic E-state index is 13.1. The summed E-state index contributed by atoms with van der Waals surface area (Å²) in [6.07, 6.45) is 3.85. The van der Waals surface area contributed by atoms with Crippen molar-refractivity contribution in [3.8, 4) is 11.5 Å². The van der Waals surface area contributed by atoms with Crippen molar-refractivity contribution < 1.29 is 14.3 Å². The summed E-state index contributed by atoms with van der Waals surface area (Å²) in [5.74, 6) is 2.15. The van der Waals surface area contributed by atoms with Crippen molar-refractivity contribution in [3.05, 3.63) is 29.1 Å². The second-order valence-electron chi connectivity index (χ2n) is 6.93. The first-order chi connectivity index (χ1) is 12.6. The predicted octanol–water partition coefficient (Wildman–Crippen LogP) is 1.46. The fraction of sp³-hybridized carbons (Fsp3) is 0.556. The molecule has 1 aliphatic heterocycles. The van der Waals surface area contributed by atoms with Gasteiger partial charge in [-0.2, -0.15) is 0 Å². The molecule has 0 atom stereocenters. The number of aromatic nitrogens is 4. The minimum absolute atomic E-state index is 0.0561. The molecule has 1 aromatic heterocycles. The SMILES string of the molecule is COc1cc2c(cc1OC)C1(CCC1)N(C(=O)Cn1nnnc1C)CC2. The van der Waals surface area contributed by atoms with Crippen molar-refractivity contribution in [2.24, 2.45) is 0 Å². The van der Waals surface area contributed by atoms with E-state index in [4.69, 9.17) is 9.47 Å². The van der Waals surface area contributed by atoms with Gasteiger partial charge in [0, 0.05) is 6.54 Å². The van der Waals surface area contributed by atoms with Gasteiger partial charge in [-0.3, -0.25) is 4.79 Å². The predicted molar refractivity (Wildman–Crippen MR) is 93.0 cm³/mol. The van der Waals surface area contributed by atoms with E-state index in [1.807, 2.05) is 4.90 Å². The lowest BCUT2D eigenvalue weighted by Gasteiger charge is -2.54. The van der Waals surface area contributed by atoms with Crippen LogP contribution in [0.25, 0.3) is 0 Å². The molecule has 4 rings (SSSR count). The van der Waals surface area contributed by atoms with Crippen molar-refractivity contribution in [1.29, 1.82) is 0 Å². The molecular formula is C18H23N5O3. The number of carbonyl (C=O) groups is 1. The highest BCUT2D eigenvalue weighted by atomic mass is 16.5. The van der Waals surface area contributed by atoms with Gasteiger partial charge >= 0.3 is 0 Å². The molecule has 0 saturated heterocycles. The molecule has 1 aliphatic carbocycles. The van der Waals surface area contributed by atoms with E-state index < -0.39 is 0 Å². The molecular weight excluding hydrogens is 334 g/mol. The number of fused-ring (bicyclic) bond motifs is 2. The highest BCUT2D eigenvalue weighted by Gasteiger charge is 2.49. The van der Waals surface area contributed by atoms with Crippen molar-refractivity contribution in [2.45, 2.75) is 44.7 Å². The largest absolute Gasteiger partial charge is 0.493 e. The zero-order valence-electron chi connectivity index (χ0n) is 15.4. The van der Waals surface area contributed by atoms with Crippen LogP contribution in [-0.4, -0.2) is 51.8 Å². The second-order valence-corrected chi connectivity index (χ2v) is 6.93. The smallest absolute Gasteiger partial charge is 0.245 e. The standard InChI is InChI=1S/C18H23N5O3/c1-12-19-20-21-23(12)11-17(24)22-8-5-13-9-15(25-2)16(26-3)10-14(13)18(22)6-4-7-18/h9-10H,4-8,11H2,1-3H3. The molecule has 0 unspecified atom stereocenters. The van der Waals surface area contributed by atoms with Gasteiger partial charge in [-0.15, -0.1) is 5.10 Å². The highest BCUT2D eigenvalue weighted by Crippen LogP contribution is 2.52. The molecule has 26 heavy (non-hydrogen) atoms. The van der Waals surface area contributed by atoms with E-state index in [1.165, 1.54) is 11.1 Å². The minimum atomic E-state index is -0.244. The van der Waals surface area contributed by atoms with Crippen LogP contribution < -0.4 is 9.47 Å². The molecule has 1 aromatic carbocycles. The number of ether oxygens (including phenoxy) is 2. The number of aryl methyl sites for hydroxylation is 1. The van der Waals surface area contributed by atoms with Crippen molar-refractivity contribution in [1.82, 2.24) is 25.1 Å². The van der Waals surface area contributed by atoms with Crippen LogP contribution in [0.3, 0.4) is 0 Å². The highest BCUT2D eigenvalue weighted by molar-refractivity contribution is 5.78. The zero-order valence-corrected chi connectivity index (χ0v) is 15.4. The first kappa shape index (κ1) is 16.8. The second kappa shape index (κ2) is 6.26. The van der Waals surface area contributed by atoms with E-state index in [-0.39, 0.29) is 18.0 Å². The Labute approximate surface area is 152 Å². The van der Waals surface area contributed by atoms with Crippen molar-refractivity contribution in [2.75, 3.05) is 20.8 Å². The average Bonchev–Trinajstić information content (AvgIpc) is 3.02. The van der Waals surface area contributed by atoms with Gasteiger partial charge in [-0.25, -0.2) is 4.68 Å². The lowest BCUT2D eigenvalue weighted by Crippen LogP contribution is -2.57. The molecule has 0 radical (unpaired) electrons. The Morgan fingerprint density at radius 1 is 1.23 bits per heavy atom. The first-order valence-corrected chi connectivity index (χ1v) is 8.87. The molecule has 2 aromatic rings. The summed E-state index contributed by atoms with van der Waals surface area (Å²) >= 11 is 0. The average molecular weight is 357 g/mol. The summed E-state index contributed by atoms with van der Waals surface area (Å²) in [6, 6.07) is 4.11. The Kier molecular flexibility index (Phi) is 4.05. The Balaban J connectivity index is 1.69. The van der Waals surface area contributed by atoms with Crippen molar-refractivity contribution >= 4 is 5.91 Å². The van der Waals surface area contributed by atoms with Gasteiger partial charge in [-0.1, -0.05) is 0 Å². The van der Waals surface area contributed by atoms with Crippen LogP contribution in [0.5, 0.6) is 11.5 Å². The van der Waals surface area contributed by atoms with E-state index in [2.05, 4.69) is 27.7 Å². The Bertz CT molecular complexity index is 843. The lowest BCUT2D eigenvalue weighted by molar-refractivity contribution is -0.144. The van der Waals surface area contributed by atoms with Gasteiger partial charge < -0.3 is 14.4 Å². The molecule has 1 saturated carbocycles. The van der Waals surface area contributed by atoms with E-state index in [0.717, 1.165) is 31.4 Å². The van der Waals surface area contributed by atoms with Crippen LogP contribution >= 0.6 is 0 Å². The molecule has 1 spiro atoms. The molecule has 0 N–H and O–H groups in total. The number of methoxy groups -OCH3 is 2. The minimum Gasteiger partial charge on any atom is -0.493 e. The van der Waals surface area contributed by atoms with Crippen molar-refractivity contribution in [3.63, 3.8) is 0 Å². The summed E-state index contributed by atoms with van der Waals surface area (Å²) in [7, 11) is 3.29. The third-order valence-corrected chi connectivity index (χ3v) is 5.71. The third-order valence-electron chi connectivity index (χ3n) is 5.71. The van der Waals surface area contributed by atoms with Gasteiger partial charge in [0.15, 0.2) is 11.5 Å². The van der Waals surface area contributed by atoms with Crippen LogP contribution in [-0.2, 0) is 23.3 Å². The zero-order chi connectivity index (χ0) is 18.3. The lowest BCUT2D eigenvalue weighted by atomic mass is 9.66. The summed E-state index contributed by atoms with van der Waals surface area (Å²) < 4.78 is 12.5. The molecule has 8 heteroatoms. The third kappa shape index (κ3) is 2.43. The number of nitrogens with zero attached hydrogens (tertiary/aromatic N) is 5. The molecule has 0 bridgehead atoms. The molecule has 2 heterocycles. The summed E-state index contributed by atoms with van der Waals surface area (Å²) in [6.45, 7) is 2.67. The molecule has 138 valence electrons. The van der Waals surface area contributed by atoms with E-state index in [0.29, 0.717) is 18.1 Å². The molecule has 8 nitrogen and oxygen atoms in total. The molecule has 1 amide bonds. The number of hydrogen-bond donors (Lipinski definition) is 0. The maximum atomic E-state index is 13.1. The van der Waals surface area contributed by atoms with Gasteiger partial charge in [0.05, 0.1) is 19.8 Å². The fourth-order valence-electron chi connectivity index (χ4n) is 4.18. The van der Waals surface area contributed by atoms with Crippen LogP contribution in [0.2, 0.25) is 0 Å². The van der Waals surface area contributed by atoms with Gasteiger partial charge in [-0.05, 0) is 66.3 Å². The monoisotopic (exact) mass is 357 g/mol. The van der Waals surface area contributed by atoms with Gasteiger partial charge in [0.1, 0.15) is 12.4 Å². The summed E-state index contributed by atoms with van der Waals surface area (Å²) in [5.41, 5.74) is 2.19. The Morgan fingerprint density at radius 2 is 1.96 bits per heavy atom. The van der Waals surface area contributed by atoms with E-state index in [1.54, 1.807) is 25.8 Å². The Hall–Kier alpha value is -2.64. The number of benzene rings is 1. The summed E-state index contributed by atoms with van der Waals surface area (Å²) in [5, 5.41) is 11.4. The number of rotatable bonds is 4. The van der Waals surface area contributed by atoms with E-state index >= 15 is 0 Å². The van der Waals surface area contributed by atoms with Crippen LogP contribution in [0.4, 0.5) is 0 Å².